The van der Waals surface area contributed by atoms with Gasteiger partial charge in [0.05, 0.1) is 16.1 Å². The number of benzene rings is 1. The molecule has 2 nitrogen and oxygen atoms in total. The number of nitrogens with one attached hydrogen (secondary N) is 1. The fourth-order valence-corrected chi connectivity index (χ4v) is 1.89. The molecule has 0 amide bonds. The highest BCUT2D eigenvalue weighted by molar-refractivity contribution is 6.42. The van der Waals surface area contributed by atoms with Gasteiger partial charge >= 0.3 is 0 Å². The van der Waals surface area contributed by atoms with Crippen LogP contribution in [0.2, 0.25) is 10.0 Å². The number of halogens is 2. The van der Waals surface area contributed by atoms with Crippen molar-refractivity contribution in [2.24, 2.45) is 0 Å². The Labute approximate surface area is 113 Å². The minimum atomic E-state index is 0.213. The van der Waals surface area contributed by atoms with Crippen molar-refractivity contribution in [3.8, 4) is 0 Å². The molecule has 0 saturated carbocycles. The summed E-state index contributed by atoms with van der Waals surface area (Å²) < 4.78 is 5.46. The standard InChI is InChI=1S/C13H19Cl2NO/c1-4-17-9(2)8-16-10(3)11-5-6-12(14)13(15)7-11/h5-7,9-10,16H,4,8H2,1-3H3. The summed E-state index contributed by atoms with van der Waals surface area (Å²) in [6.45, 7) is 7.70. The predicted octanol–water partition coefficient (Wildman–Crippen LogP) is 4.07. The molecular formula is C13H19Cl2NO. The lowest BCUT2D eigenvalue weighted by atomic mass is 10.1. The molecule has 0 aliphatic heterocycles. The fraction of sp³-hybridized carbons (Fsp3) is 0.538. The van der Waals surface area contributed by atoms with Crippen molar-refractivity contribution in [2.45, 2.75) is 32.9 Å². The average Bonchev–Trinajstić information content (AvgIpc) is 2.30. The topological polar surface area (TPSA) is 21.3 Å². The Morgan fingerprint density at radius 2 is 1.94 bits per heavy atom. The van der Waals surface area contributed by atoms with E-state index in [2.05, 4.69) is 19.2 Å². The summed E-state index contributed by atoms with van der Waals surface area (Å²) in [7, 11) is 0. The minimum Gasteiger partial charge on any atom is -0.377 e. The Morgan fingerprint density at radius 3 is 2.53 bits per heavy atom. The molecule has 0 bridgehead atoms. The van der Waals surface area contributed by atoms with Crippen LogP contribution in [0, 0.1) is 0 Å². The van der Waals surface area contributed by atoms with E-state index in [0.717, 1.165) is 18.7 Å². The molecule has 4 heteroatoms. The zero-order valence-electron chi connectivity index (χ0n) is 10.5. The Morgan fingerprint density at radius 1 is 1.24 bits per heavy atom. The van der Waals surface area contributed by atoms with Crippen LogP contribution in [0.4, 0.5) is 0 Å². The molecule has 0 heterocycles. The van der Waals surface area contributed by atoms with Crippen molar-refractivity contribution >= 4 is 23.2 Å². The first-order valence-corrected chi connectivity index (χ1v) is 6.60. The second-order valence-corrected chi connectivity index (χ2v) is 4.88. The maximum atomic E-state index is 5.99. The molecular weight excluding hydrogens is 257 g/mol. The number of rotatable bonds is 6. The van der Waals surface area contributed by atoms with Gasteiger partial charge in [-0.3, -0.25) is 0 Å². The van der Waals surface area contributed by atoms with Gasteiger partial charge in [-0.05, 0) is 38.5 Å². The van der Waals surface area contributed by atoms with Crippen LogP contribution in [0.15, 0.2) is 18.2 Å². The van der Waals surface area contributed by atoms with E-state index in [-0.39, 0.29) is 12.1 Å². The Bertz CT molecular complexity index is 357. The smallest absolute Gasteiger partial charge is 0.0671 e. The molecule has 2 atom stereocenters. The van der Waals surface area contributed by atoms with Crippen LogP contribution in [0.1, 0.15) is 32.4 Å². The van der Waals surface area contributed by atoms with Gasteiger partial charge in [0.1, 0.15) is 0 Å². The average molecular weight is 276 g/mol. The van der Waals surface area contributed by atoms with Gasteiger partial charge in [-0.1, -0.05) is 29.3 Å². The zero-order valence-corrected chi connectivity index (χ0v) is 12.0. The molecule has 1 rings (SSSR count). The molecule has 96 valence electrons. The summed E-state index contributed by atoms with van der Waals surface area (Å²) in [5.74, 6) is 0. The monoisotopic (exact) mass is 275 g/mol. The van der Waals surface area contributed by atoms with Crippen molar-refractivity contribution in [1.82, 2.24) is 5.32 Å². The van der Waals surface area contributed by atoms with Crippen molar-refractivity contribution < 1.29 is 4.74 Å². The van der Waals surface area contributed by atoms with Gasteiger partial charge in [0.2, 0.25) is 0 Å². The largest absolute Gasteiger partial charge is 0.377 e. The number of hydrogen-bond donors (Lipinski definition) is 1. The maximum Gasteiger partial charge on any atom is 0.0671 e. The summed E-state index contributed by atoms with van der Waals surface area (Å²) in [4.78, 5) is 0. The molecule has 17 heavy (non-hydrogen) atoms. The first-order chi connectivity index (χ1) is 8.04. The lowest BCUT2D eigenvalue weighted by Gasteiger charge is -2.18. The number of hydrogen-bond acceptors (Lipinski definition) is 2. The molecule has 0 radical (unpaired) electrons. The van der Waals surface area contributed by atoms with Gasteiger partial charge in [-0.15, -0.1) is 0 Å². The molecule has 0 aliphatic rings. The van der Waals surface area contributed by atoms with Crippen LogP contribution in [-0.2, 0) is 4.74 Å². The predicted molar refractivity (Wildman–Crippen MR) is 74.0 cm³/mol. The van der Waals surface area contributed by atoms with Gasteiger partial charge in [0, 0.05) is 19.2 Å². The Hall–Kier alpha value is -0.280. The zero-order chi connectivity index (χ0) is 12.8. The van der Waals surface area contributed by atoms with E-state index in [9.17, 15) is 0 Å². The van der Waals surface area contributed by atoms with Gasteiger partial charge in [0.25, 0.3) is 0 Å². The summed E-state index contributed by atoms with van der Waals surface area (Å²) in [6, 6.07) is 5.93. The third kappa shape index (κ3) is 4.84. The van der Waals surface area contributed by atoms with Crippen molar-refractivity contribution in [3.05, 3.63) is 33.8 Å². The summed E-state index contributed by atoms with van der Waals surface area (Å²) in [5, 5.41) is 4.58. The van der Waals surface area contributed by atoms with Gasteiger partial charge in [-0.25, -0.2) is 0 Å². The maximum absolute atomic E-state index is 5.99. The fourth-order valence-electron chi connectivity index (χ4n) is 1.59. The normalized spacial score (nSPS) is 14.6. The highest BCUT2D eigenvalue weighted by Gasteiger charge is 2.09. The third-order valence-electron chi connectivity index (χ3n) is 2.61. The van der Waals surface area contributed by atoms with E-state index >= 15 is 0 Å². The van der Waals surface area contributed by atoms with E-state index in [1.54, 1.807) is 0 Å². The second kappa shape index (κ2) is 7.22. The van der Waals surface area contributed by atoms with Crippen molar-refractivity contribution in [1.29, 1.82) is 0 Å². The lowest BCUT2D eigenvalue weighted by molar-refractivity contribution is 0.0743. The van der Waals surface area contributed by atoms with E-state index < -0.39 is 0 Å². The van der Waals surface area contributed by atoms with Crippen LogP contribution in [0.25, 0.3) is 0 Å². The molecule has 0 spiro atoms. The van der Waals surface area contributed by atoms with Crippen LogP contribution >= 0.6 is 23.2 Å². The first-order valence-electron chi connectivity index (χ1n) is 5.84. The van der Waals surface area contributed by atoms with Crippen molar-refractivity contribution in [2.75, 3.05) is 13.2 Å². The first kappa shape index (κ1) is 14.8. The Kier molecular flexibility index (Phi) is 6.28. The van der Waals surface area contributed by atoms with Crippen LogP contribution in [0.3, 0.4) is 0 Å². The SMILES string of the molecule is CCOC(C)CNC(C)c1ccc(Cl)c(Cl)c1. The van der Waals surface area contributed by atoms with E-state index in [4.69, 9.17) is 27.9 Å². The van der Waals surface area contributed by atoms with Gasteiger partial charge in [0.15, 0.2) is 0 Å². The van der Waals surface area contributed by atoms with Crippen LogP contribution in [-0.4, -0.2) is 19.3 Å². The molecule has 1 aromatic rings. The second-order valence-electron chi connectivity index (χ2n) is 4.07. The van der Waals surface area contributed by atoms with Crippen molar-refractivity contribution in [3.63, 3.8) is 0 Å². The van der Waals surface area contributed by atoms with E-state index in [1.165, 1.54) is 0 Å². The third-order valence-corrected chi connectivity index (χ3v) is 3.35. The molecule has 0 saturated heterocycles. The van der Waals surface area contributed by atoms with E-state index in [0.29, 0.717) is 10.0 Å². The van der Waals surface area contributed by atoms with Gasteiger partial charge < -0.3 is 10.1 Å². The molecule has 2 unspecified atom stereocenters. The quantitative estimate of drug-likeness (QED) is 0.845. The Balaban J connectivity index is 2.52. The number of ether oxygens (including phenoxy) is 1. The highest BCUT2D eigenvalue weighted by atomic mass is 35.5. The summed E-state index contributed by atoms with van der Waals surface area (Å²) >= 11 is 11.9. The van der Waals surface area contributed by atoms with Crippen LogP contribution < -0.4 is 5.32 Å². The molecule has 0 fully saturated rings. The summed E-state index contributed by atoms with van der Waals surface area (Å²) in [5.41, 5.74) is 1.13. The van der Waals surface area contributed by atoms with Crippen LogP contribution in [0.5, 0.6) is 0 Å². The minimum absolute atomic E-state index is 0.213. The lowest BCUT2D eigenvalue weighted by Crippen LogP contribution is -2.29. The summed E-state index contributed by atoms with van der Waals surface area (Å²) in [6.07, 6.45) is 0.213. The molecule has 0 aliphatic carbocycles. The van der Waals surface area contributed by atoms with E-state index in [1.807, 2.05) is 25.1 Å². The highest BCUT2D eigenvalue weighted by Crippen LogP contribution is 2.25. The van der Waals surface area contributed by atoms with Gasteiger partial charge in [-0.2, -0.15) is 0 Å². The molecule has 1 aromatic carbocycles. The molecule has 1 N–H and O–H groups in total. The molecule has 0 aromatic heterocycles.